The minimum atomic E-state index is -1.04. The predicted molar refractivity (Wildman–Crippen MR) is 137 cm³/mol. The van der Waals surface area contributed by atoms with E-state index in [2.05, 4.69) is 6.92 Å². The van der Waals surface area contributed by atoms with Crippen molar-refractivity contribution in [3.63, 3.8) is 0 Å². The van der Waals surface area contributed by atoms with Gasteiger partial charge in [0.1, 0.15) is 30.5 Å². The van der Waals surface area contributed by atoms with Crippen LogP contribution >= 0.6 is 0 Å². The van der Waals surface area contributed by atoms with Gasteiger partial charge in [0, 0.05) is 18.4 Å². The number of carbonyl (C=O) groups is 1. The zero-order valence-electron chi connectivity index (χ0n) is 23.5. The highest BCUT2D eigenvalue weighted by Crippen LogP contribution is 2.73. The Labute approximate surface area is 230 Å². The molecular formula is C30H46O9. The average Bonchev–Trinajstić information content (AvgIpc) is 3.54. The van der Waals surface area contributed by atoms with Crippen molar-refractivity contribution in [3.05, 3.63) is 0 Å². The van der Waals surface area contributed by atoms with Gasteiger partial charge in [0.2, 0.25) is 0 Å². The van der Waals surface area contributed by atoms with Gasteiger partial charge >= 0.3 is 5.97 Å². The molecule has 3 aliphatic heterocycles. The smallest absolute Gasteiger partial charge is 0.308 e. The average molecular weight is 551 g/mol. The second-order valence-electron chi connectivity index (χ2n) is 14.3. The van der Waals surface area contributed by atoms with E-state index in [1.54, 1.807) is 6.92 Å². The fraction of sp³-hybridized carbons (Fsp3) is 0.967. The largest absolute Gasteiger partial charge is 0.462 e. The standard InChI is InChI=1S/C30H46O9/c1-16-23(32)25(35-3)24(33)26(38-16)39-18-6-9-27(2)17(12-18)4-5-20-19(27)7-10-28-14-37-29(13-22(31)36-15-29)21(28)8-11-30(20,28)34/h16-21,23-26,32-34H,4-15H2,1-3H3/t16-,17+,18+,19-,20+,21-,23-,24-,25+,26-,27-,28-,29+,30-/m0/s1. The third kappa shape index (κ3) is 3.59. The summed E-state index contributed by atoms with van der Waals surface area (Å²) in [5.41, 5.74) is -1.42. The van der Waals surface area contributed by atoms with Gasteiger partial charge in [0.15, 0.2) is 6.29 Å². The molecule has 0 aromatic rings. The van der Waals surface area contributed by atoms with Crippen LogP contribution < -0.4 is 0 Å². The zero-order valence-corrected chi connectivity index (χ0v) is 23.5. The fourth-order valence-electron chi connectivity index (χ4n) is 11.0. The Hall–Kier alpha value is -0.810. The summed E-state index contributed by atoms with van der Waals surface area (Å²) in [4.78, 5) is 12.1. The van der Waals surface area contributed by atoms with Gasteiger partial charge in [-0.2, -0.15) is 0 Å². The molecule has 0 amide bonds. The molecule has 7 fully saturated rings. The molecule has 0 unspecified atom stereocenters. The molecule has 220 valence electrons. The summed E-state index contributed by atoms with van der Waals surface area (Å²) in [6, 6.07) is 0. The Balaban J connectivity index is 1.06. The highest BCUT2D eigenvalue weighted by molar-refractivity contribution is 5.73. The van der Waals surface area contributed by atoms with Crippen LogP contribution in [0.2, 0.25) is 0 Å². The van der Waals surface area contributed by atoms with Gasteiger partial charge < -0.3 is 39.0 Å². The van der Waals surface area contributed by atoms with Crippen molar-refractivity contribution < 1.29 is 43.8 Å². The minimum absolute atomic E-state index is 0.0175. The Bertz CT molecular complexity index is 991. The molecular weight excluding hydrogens is 504 g/mol. The van der Waals surface area contributed by atoms with Gasteiger partial charge in [-0.3, -0.25) is 4.79 Å². The Kier molecular flexibility index (Phi) is 6.31. The van der Waals surface area contributed by atoms with Gasteiger partial charge in [-0.05, 0) is 87.9 Å². The van der Waals surface area contributed by atoms with Crippen LogP contribution in [-0.2, 0) is 28.5 Å². The van der Waals surface area contributed by atoms with Gasteiger partial charge in [0.25, 0.3) is 0 Å². The second-order valence-corrected chi connectivity index (χ2v) is 14.3. The van der Waals surface area contributed by atoms with Gasteiger partial charge in [-0.25, -0.2) is 0 Å². The van der Waals surface area contributed by atoms with Crippen molar-refractivity contribution >= 4 is 5.97 Å². The van der Waals surface area contributed by atoms with E-state index in [1.165, 1.54) is 7.11 Å². The molecule has 9 nitrogen and oxygen atoms in total. The second kappa shape index (κ2) is 9.09. The molecule has 3 saturated heterocycles. The van der Waals surface area contributed by atoms with E-state index in [0.29, 0.717) is 31.5 Å². The molecule has 14 atom stereocenters. The number of aliphatic hydroxyl groups is 3. The molecule has 7 aliphatic rings. The summed E-state index contributed by atoms with van der Waals surface area (Å²) in [5, 5.41) is 33.7. The molecule has 0 aromatic carbocycles. The van der Waals surface area contributed by atoms with E-state index in [-0.39, 0.29) is 34.7 Å². The Morgan fingerprint density at radius 2 is 1.79 bits per heavy atom. The van der Waals surface area contributed by atoms with E-state index < -0.39 is 41.9 Å². The maximum Gasteiger partial charge on any atom is 0.308 e. The summed E-state index contributed by atoms with van der Waals surface area (Å²) >= 11 is 0. The van der Waals surface area contributed by atoms with Crippen molar-refractivity contribution in [3.8, 4) is 0 Å². The lowest BCUT2D eigenvalue weighted by molar-refractivity contribution is -0.313. The monoisotopic (exact) mass is 550 g/mol. The number of ether oxygens (including phenoxy) is 5. The number of hydrogen-bond donors (Lipinski definition) is 3. The topological polar surface area (TPSA) is 124 Å². The SMILES string of the molecule is CO[C@H]1[C@H](O)[C@H](O[C@@H]2CC[C@@]3(C)[C@H](CC[C@@H]4[C@@H]3CC[C@]35CO[C@]6(COC(=O)C6)[C@H]3CC[C@]45O)C2)O[C@@H](C)[C@@H]1O. The van der Waals surface area contributed by atoms with Crippen LogP contribution in [0.3, 0.4) is 0 Å². The summed E-state index contributed by atoms with van der Waals surface area (Å²) in [6.45, 7) is 5.11. The lowest BCUT2D eigenvalue weighted by Gasteiger charge is -2.63. The van der Waals surface area contributed by atoms with Crippen molar-refractivity contribution in [1.82, 2.24) is 0 Å². The van der Waals surface area contributed by atoms with Crippen LogP contribution in [0, 0.1) is 34.5 Å². The Morgan fingerprint density at radius 3 is 2.54 bits per heavy atom. The van der Waals surface area contributed by atoms with Crippen LogP contribution in [0.1, 0.15) is 78.1 Å². The van der Waals surface area contributed by atoms with E-state index in [9.17, 15) is 20.1 Å². The summed E-state index contributed by atoms with van der Waals surface area (Å²) in [6.07, 6.45) is 4.97. The van der Waals surface area contributed by atoms with Gasteiger partial charge in [-0.1, -0.05) is 6.92 Å². The zero-order chi connectivity index (χ0) is 27.4. The molecule has 4 saturated carbocycles. The first-order chi connectivity index (χ1) is 18.6. The van der Waals surface area contributed by atoms with Crippen molar-refractivity contribution in [2.24, 2.45) is 34.5 Å². The summed E-state index contributed by atoms with van der Waals surface area (Å²) < 4.78 is 29.4. The normalized spacial score (nSPS) is 58.5. The first-order valence-corrected chi connectivity index (χ1v) is 15.3. The number of methoxy groups -OCH3 is 1. The van der Waals surface area contributed by atoms with E-state index in [1.807, 2.05) is 0 Å². The third-order valence-corrected chi connectivity index (χ3v) is 13.1. The molecule has 0 aromatic heterocycles. The summed E-state index contributed by atoms with van der Waals surface area (Å²) in [5.74, 6) is 1.21. The predicted octanol–water partition coefficient (Wildman–Crippen LogP) is 2.32. The lowest BCUT2D eigenvalue weighted by Crippen LogP contribution is -2.64. The van der Waals surface area contributed by atoms with Gasteiger partial charge in [0.05, 0.1) is 30.8 Å². The number of fused-ring (bicyclic) bond motifs is 5. The molecule has 9 heteroatoms. The fourth-order valence-corrected chi connectivity index (χ4v) is 11.0. The number of hydrogen-bond acceptors (Lipinski definition) is 9. The number of rotatable bonds is 3. The highest BCUT2D eigenvalue weighted by atomic mass is 16.7. The quantitative estimate of drug-likeness (QED) is 0.359. The maximum absolute atomic E-state index is 12.6. The number of aliphatic hydroxyl groups excluding tert-OH is 2. The summed E-state index contributed by atoms with van der Waals surface area (Å²) in [7, 11) is 1.49. The van der Waals surface area contributed by atoms with E-state index in [0.717, 1.165) is 57.8 Å². The van der Waals surface area contributed by atoms with Crippen molar-refractivity contribution in [2.75, 3.05) is 20.3 Å². The number of carbonyl (C=O) groups excluding carboxylic acids is 1. The molecule has 0 bridgehead atoms. The lowest BCUT2D eigenvalue weighted by atomic mass is 9.43. The van der Waals surface area contributed by atoms with Crippen molar-refractivity contribution in [2.45, 2.75) is 126 Å². The first-order valence-electron chi connectivity index (χ1n) is 15.3. The minimum Gasteiger partial charge on any atom is -0.462 e. The Morgan fingerprint density at radius 1 is 0.974 bits per heavy atom. The molecule has 2 spiro atoms. The van der Waals surface area contributed by atoms with Crippen LogP contribution in [0.25, 0.3) is 0 Å². The van der Waals surface area contributed by atoms with Gasteiger partial charge in [-0.15, -0.1) is 0 Å². The molecule has 0 radical (unpaired) electrons. The molecule has 3 heterocycles. The number of cyclic esters (lactones) is 1. The van der Waals surface area contributed by atoms with Crippen LogP contribution in [0.15, 0.2) is 0 Å². The van der Waals surface area contributed by atoms with Crippen LogP contribution in [0.5, 0.6) is 0 Å². The number of esters is 1. The van der Waals surface area contributed by atoms with Crippen LogP contribution in [-0.4, -0.2) is 89.6 Å². The highest BCUT2D eigenvalue weighted by Gasteiger charge is 2.76. The molecule has 39 heavy (non-hydrogen) atoms. The first kappa shape index (κ1) is 27.0. The molecule has 7 rings (SSSR count). The van der Waals surface area contributed by atoms with Crippen LogP contribution in [0.4, 0.5) is 0 Å². The molecule has 3 N–H and O–H groups in total. The molecule has 4 aliphatic carbocycles. The third-order valence-electron chi connectivity index (χ3n) is 13.1. The maximum atomic E-state index is 12.6. The van der Waals surface area contributed by atoms with Crippen molar-refractivity contribution in [1.29, 1.82) is 0 Å². The van der Waals surface area contributed by atoms with E-state index >= 15 is 0 Å². The van der Waals surface area contributed by atoms with E-state index in [4.69, 9.17) is 23.7 Å².